The third-order valence-electron chi connectivity index (χ3n) is 4.73. The molecule has 0 unspecified atom stereocenters. The number of ketones is 1. The van der Waals surface area contributed by atoms with E-state index in [1.54, 1.807) is 6.07 Å². The predicted octanol–water partition coefficient (Wildman–Crippen LogP) is 3.59. The number of alkyl halides is 2. The Balaban J connectivity index is 2.35. The van der Waals surface area contributed by atoms with Gasteiger partial charge in [-0.05, 0) is 32.0 Å². The first-order valence-corrected chi connectivity index (χ1v) is 9.26. The molecule has 1 aromatic heterocycles. The Morgan fingerprint density at radius 2 is 1.90 bits per heavy atom. The van der Waals surface area contributed by atoms with Crippen molar-refractivity contribution in [2.45, 2.75) is 32.7 Å². The van der Waals surface area contributed by atoms with Crippen molar-refractivity contribution in [3.63, 3.8) is 0 Å². The maximum atomic E-state index is 13.5. The van der Waals surface area contributed by atoms with Crippen molar-refractivity contribution in [2.24, 2.45) is 7.05 Å². The molecule has 0 saturated carbocycles. The molecule has 0 aliphatic carbocycles. The molecule has 2 aromatic rings. The zero-order valence-electron chi connectivity index (χ0n) is 16.9. The molecule has 1 aromatic carbocycles. The number of amides is 2. The molecule has 0 fully saturated rings. The predicted molar refractivity (Wildman–Crippen MR) is 107 cm³/mol. The number of halogens is 4. The highest BCUT2D eigenvalue weighted by atomic mass is 35.5. The van der Waals surface area contributed by atoms with Crippen LogP contribution in [0.4, 0.5) is 18.9 Å². The standard InChI is InChI=1S/C20H18ClF3N4O3/c1-9-14(17(29)19(31)26-10(2)20(3,23)24)15(21)16(28(9)4)18(30)27-12-5-6-13(22)11(7-12)8-25/h5-7,10H,1-4H3,(H,26,31)(H,27,30)/t10-/m1/s1. The van der Waals surface area contributed by atoms with Crippen molar-refractivity contribution in [3.8, 4) is 6.07 Å². The van der Waals surface area contributed by atoms with Crippen molar-refractivity contribution in [1.29, 1.82) is 5.26 Å². The fourth-order valence-corrected chi connectivity index (χ4v) is 3.09. The molecule has 1 heterocycles. The van der Waals surface area contributed by atoms with Crippen LogP contribution in [-0.2, 0) is 11.8 Å². The number of carbonyl (C=O) groups is 3. The summed E-state index contributed by atoms with van der Waals surface area (Å²) in [6, 6.07) is 3.36. The third-order valence-corrected chi connectivity index (χ3v) is 5.10. The molecule has 31 heavy (non-hydrogen) atoms. The topological polar surface area (TPSA) is 104 Å². The van der Waals surface area contributed by atoms with Gasteiger partial charge in [-0.3, -0.25) is 14.4 Å². The third kappa shape index (κ3) is 4.88. The Bertz CT molecular complexity index is 1120. The number of hydrogen-bond acceptors (Lipinski definition) is 4. The minimum atomic E-state index is -3.26. The van der Waals surface area contributed by atoms with Crippen molar-refractivity contribution in [1.82, 2.24) is 9.88 Å². The number of nitrogens with zero attached hydrogens (tertiary/aromatic N) is 2. The number of carbonyl (C=O) groups excluding carboxylic acids is 3. The molecule has 2 N–H and O–H groups in total. The van der Waals surface area contributed by atoms with Gasteiger partial charge in [0.25, 0.3) is 23.5 Å². The van der Waals surface area contributed by atoms with Gasteiger partial charge in [-0.1, -0.05) is 11.6 Å². The largest absolute Gasteiger partial charge is 0.342 e. The van der Waals surface area contributed by atoms with E-state index in [0.717, 1.165) is 19.1 Å². The van der Waals surface area contributed by atoms with Gasteiger partial charge in [0.2, 0.25) is 0 Å². The average Bonchev–Trinajstić information content (AvgIpc) is 2.90. The highest BCUT2D eigenvalue weighted by Gasteiger charge is 2.35. The number of anilines is 1. The quantitative estimate of drug-likeness (QED) is 0.514. The molecular formula is C20H18ClF3N4O3. The molecule has 1 atom stereocenters. The van der Waals surface area contributed by atoms with Crippen LogP contribution in [0, 0.1) is 24.1 Å². The maximum absolute atomic E-state index is 13.5. The number of hydrogen-bond donors (Lipinski definition) is 2. The van der Waals surface area contributed by atoms with Gasteiger partial charge in [0.1, 0.15) is 17.6 Å². The monoisotopic (exact) mass is 454 g/mol. The van der Waals surface area contributed by atoms with E-state index in [9.17, 15) is 27.6 Å². The van der Waals surface area contributed by atoms with Gasteiger partial charge in [-0.25, -0.2) is 13.2 Å². The maximum Gasteiger partial charge on any atom is 0.292 e. The lowest BCUT2D eigenvalue weighted by molar-refractivity contribution is -0.120. The average molecular weight is 455 g/mol. The second-order valence-corrected chi connectivity index (χ2v) is 7.30. The summed E-state index contributed by atoms with van der Waals surface area (Å²) in [6.07, 6.45) is 0. The first-order chi connectivity index (χ1) is 14.3. The summed E-state index contributed by atoms with van der Waals surface area (Å²) in [4.78, 5) is 37.4. The summed E-state index contributed by atoms with van der Waals surface area (Å²) in [6.45, 7) is 3.06. The van der Waals surface area contributed by atoms with Crippen LogP contribution in [0.2, 0.25) is 5.02 Å². The molecule has 0 spiro atoms. The first kappa shape index (κ1) is 24.0. The van der Waals surface area contributed by atoms with Crippen LogP contribution in [0.5, 0.6) is 0 Å². The zero-order chi connectivity index (χ0) is 23.7. The Morgan fingerprint density at radius 1 is 1.29 bits per heavy atom. The van der Waals surface area contributed by atoms with Gasteiger partial charge in [0.05, 0.1) is 22.2 Å². The molecule has 164 valence electrons. The van der Waals surface area contributed by atoms with Crippen molar-refractivity contribution < 1.29 is 27.6 Å². The molecule has 0 bridgehead atoms. The van der Waals surface area contributed by atoms with Gasteiger partial charge >= 0.3 is 0 Å². The molecule has 2 amide bonds. The van der Waals surface area contributed by atoms with E-state index in [1.807, 2.05) is 5.32 Å². The lowest BCUT2D eigenvalue weighted by Crippen LogP contribution is -2.46. The minimum Gasteiger partial charge on any atom is -0.342 e. The van der Waals surface area contributed by atoms with E-state index in [-0.39, 0.29) is 33.2 Å². The van der Waals surface area contributed by atoms with Crippen LogP contribution in [0.15, 0.2) is 18.2 Å². The minimum absolute atomic E-state index is 0.0995. The number of rotatable bonds is 6. The molecule has 0 radical (unpaired) electrons. The van der Waals surface area contributed by atoms with E-state index >= 15 is 0 Å². The van der Waals surface area contributed by atoms with Crippen LogP contribution >= 0.6 is 11.6 Å². The number of nitriles is 1. The molecule has 2 rings (SSSR count). The summed E-state index contributed by atoms with van der Waals surface area (Å²) in [5, 5.41) is 12.9. The second kappa shape index (κ2) is 8.81. The number of nitrogens with one attached hydrogen (secondary N) is 2. The van der Waals surface area contributed by atoms with Crippen LogP contribution in [0.25, 0.3) is 0 Å². The summed E-state index contributed by atoms with van der Waals surface area (Å²) < 4.78 is 41.3. The van der Waals surface area contributed by atoms with Crippen LogP contribution < -0.4 is 10.6 Å². The summed E-state index contributed by atoms with van der Waals surface area (Å²) >= 11 is 6.20. The van der Waals surface area contributed by atoms with Gasteiger partial charge < -0.3 is 15.2 Å². The van der Waals surface area contributed by atoms with Crippen LogP contribution in [-0.4, -0.2) is 34.1 Å². The molecule has 0 aliphatic rings. The van der Waals surface area contributed by atoms with Gasteiger partial charge in [-0.2, -0.15) is 5.26 Å². The Hall–Kier alpha value is -3.32. The molecule has 0 saturated heterocycles. The van der Waals surface area contributed by atoms with Crippen molar-refractivity contribution in [3.05, 3.63) is 51.6 Å². The summed E-state index contributed by atoms with van der Waals surface area (Å²) in [7, 11) is 1.42. The smallest absolute Gasteiger partial charge is 0.292 e. The number of Topliss-reactive ketones (excluding diaryl/α,β-unsaturated/α-hetero) is 1. The lowest BCUT2D eigenvalue weighted by Gasteiger charge is -2.20. The highest BCUT2D eigenvalue weighted by molar-refractivity contribution is 6.48. The lowest BCUT2D eigenvalue weighted by atomic mass is 10.1. The van der Waals surface area contributed by atoms with Crippen LogP contribution in [0.3, 0.4) is 0 Å². The van der Waals surface area contributed by atoms with E-state index < -0.39 is 35.4 Å². The summed E-state index contributed by atoms with van der Waals surface area (Å²) in [5.41, 5.74) is -0.533. The molecule has 11 heteroatoms. The molecular weight excluding hydrogens is 437 g/mol. The van der Waals surface area contributed by atoms with Crippen LogP contribution in [0.1, 0.15) is 46.0 Å². The number of aromatic nitrogens is 1. The first-order valence-electron chi connectivity index (χ1n) is 8.88. The van der Waals surface area contributed by atoms with E-state index in [1.165, 1.54) is 24.6 Å². The fourth-order valence-electron chi connectivity index (χ4n) is 2.66. The van der Waals surface area contributed by atoms with Gasteiger partial charge in [0, 0.05) is 25.4 Å². The normalized spacial score (nSPS) is 12.1. The molecule has 7 nitrogen and oxygen atoms in total. The van der Waals surface area contributed by atoms with E-state index in [4.69, 9.17) is 16.9 Å². The second-order valence-electron chi connectivity index (χ2n) is 6.92. The zero-order valence-corrected chi connectivity index (χ0v) is 17.7. The van der Waals surface area contributed by atoms with E-state index in [0.29, 0.717) is 6.92 Å². The molecule has 0 aliphatic heterocycles. The highest BCUT2D eigenvalue weighted by Crippen LogP contribution is 2.29. The van der Waals surface area contributed by atoms with Crippen molar-refractivity contribution >= 4 is 34.9 Å². The van der Waals surface area contributed by atoms with E-state index in [2.05, 4.69) is 5.32 Å². The van der Waals surface area contributed by atoms with Gasteiger partial charge in [-0.15, -0.1) is 0 Å². The van der Waals surface area contributed by atoms with Gasteiger partial charge in [0.15, 0.2) is 0 Å². The van der Waals surface area contributed by atoms with Crippen molar-refractivity contribution in [2.75, 3.05) is 5.32 Å². The summed E-state index contributed by atoms with van der Waals surface area (Å²) in [5.74, 6) is -7.29. The Labute approximate surface area is 180 Å². The Morgan fingerprint density at radius 3 is 2.45 bits per heavy atom. The number of benzene rings is 1. The SMILES string of the molecule is Cc1c(C(=O)C(=O)N[C@H](C)C(C)(F)F)c(Cl)c(C(=O)Nc2ccc(F)c(C#N)c2)n1C. The Kier molecular flexibility index (Phi) is 6.81. The fraction of sp³-hybridized carbons (Fsp3) is 0.300.